The molecule has 0 atom stereocenters. The number of rotatable bonds is 10. The predicted molar refractivity (Wildman–Crippen MR) is 103 cm³/mol. The minimum Gasteiger partial charge on any atom is -0.478 e. The van der Waals surface area contributed by atoms with E-state index in [1.54, 1.807) is 12.1 Å². The number of carboxylic acids is 1. The summed E-state index contributed by atoms with van der Waals surface area (Å²) in [5, 5.41) is 8.94. The van der Waals surface area contributed by atoms with Gasteiger partial charge in [0.2, 0.25) is 0 Å². The maximum Gasteiger partial charge on any atom is 0.335 e. The Balaban J connectivity index is 1.79. The van der Waals surface area contributed by atoms with Gasteiger partial charge in [-0.05, 0) is 47.6 Å². The van der Waals surface area contributed by atoms with Gasteiger partial charge in [0.05, 0.1) is 5.56 Å². The summed E-state index contributed by atoms with van der Waals surface area (Å²) in [6.45, 7) is 2.25. The van der Waals surface area contributed by atoms with E-state index >= 15 is 0 Å². The van der Waals surface area contributed by atoms with Crippen molar-refractivity contribution in [2.75, 3.05) is 5.75 Å². The van der Waals surface area contributed by atoms with Crippen LogP contribution < -0.4 is 0 Å². The summed E-state index contributed by atoms with van der Waals surface area (Å²) in [7, 11) is 0. The molecule has 0 spiro atoms. The summed E-state index contributed by atoms with van der Waals surface area (Å²) in [4.78, 5) is 12.2. The lowest BCUT2D eigenvalue weighted by atomic mass is 10.0. The fourth-order valence-corrected chi connectivity index (χ4v) is 3.53. The van der Waals surface area contributed by atoms with Crippen LogP contribution in [-0.4, -0.2) is 16.8 Å². The number of hydrogen-bond donors (Lipinski definition) is 1. The fourth-order valence-electron chi connectivity index (χ4n) is 2.62. The van der Waals surface area contributed by atoms with E-state index in [2.05, 4.69) is 31.2 Å². The van der Waals surface area contributed by atoms with Gasteiger partial charge in [0, 0.05) is 4.90 Å². The topological polar surface area (TPSA) is 37.3 Å². The van der Waals surface area contributed by atoms with Crippen LogP contribution in [0.3, 0.4) is 0 Å². The minimum absolute atomic E-state index is 0.324. The molecule has 2 rings (SSSR count). The van der Waals surface area contributed by atoms with Crippen LogP contribution in [0.2, 0.25) is 0 Å². The lowest BCUT2D eigenvalue weighted by Gasteiger charge is -2.05. The van der Waals surface area contributed by atoms with E-state index in [0.717, 1.165) is 11.1 Å². The second kappa shape index (κ2) is 10.2. The molecule has 0 bridgehead atoms. The molecular formula is C21H26O2S. The molecule has 0 amide bonds. The van der Waals surface area contributed by atoms with Gasteiger partial charge in [-0.15, -0.1) is 11.8 Å². The third kappa shape index (κ3) is 6.04. The Morgan fingerprint density at radius 1 is 0.833 bits per heavy atom. The van der Waals surface area contributed by atoms with Crippen LogP contribution in [0.1, 0.15) is 55.8 Å². The van der Waals surface area contributed by atoms with E-state index in [0.29, 0.717) is 5.56 Å². The number of carboxylic acid groups (broad SMARTS) is 1. The molecule has 0 unspecified atom stereocenters. The lowest BCUT2D eigenvalue weighted by molar-refractivity contribution is 0.0697. The number of benzene rings is 2. The third-order valence-electron chi connectivity index (χ3n) is 4.09. The van der Waals surface area contributed by atoms with Crippen molar-refractivity contribution in [2.45, 2.75) is 50.3 Å². The number of carbonyl (C=O) groups is 1. The summed E-state index contributed by atoms with van der Waals surface area (Å²) in [6, 6.07) is 15.6. The summed E-state index contributed by atoms with van der Waals surface area (Å²) >= 11 is 1.92. The van der Waals surface area contributed by atoms with Crippen molar-refractivity contribution in [3.8, 4) is 11.1 Å². The highest BCUT2D eigenvalue weighted by Crippen LogP contribution is 2.25. The average Bonchev–Trinajstić information content (AvgIpc) is 2.61. The second-order valence-corrected chi connectivity index (χ2v) is 7.19. The highest BCUT2D eigenvalue weighted by atomic mass is 32.2. The molecule has 1 N–H and O–H groups in total. The van der Waals surface area contributed by atoms with E-state index < -0.39 is 5.97 Å². The van der Waals surface area contributed by atoms with Gasteiger partial charge in [-0.2, -0.15) is 0 Å². The van der Waals surface area contributed by atoms with Crippen molar-refractivity contribution in [1.82, 2.24) is 0 Å². The minimum atomic E-state index is -0.886. The zero-order chi connectivity index (χ0) is 17.2. The molecule has 0 aliphatic carbocycles. The van der Waals surface area contributed by atoms with Crippen LogP contribution in [0.25, 0.3) is 11.1 Å². The largest absolute Gasteiger partial charge is 0.478 e. The molecule has 0 heterocycles. The number of aromatic carboxylic acids is 1. The second-order valence-electron chi connectivity index (χ2n) is 6.02. The van der Waals surface area contributed by atoms with E-state index in [9.17, 15) is 4.79 Å². The Hall–Kier alpha value is -1.74. The van der Waals surface area contributed by atoms with Crippen molar-refractivity contribution in [3.63, 3.8) is 0 Å². The zero-order valence-corrected chi connectivity index (χ0v) is 15.1. The fraction of sp³-hybridized carbons (Fsp3) is 0.381. The SMILES string of the molecule is CCCCCCCCSc1ccc(-c2ccc(C(=O)O)cc2)cc1. The van der Waals surface area contributed by atoms with Gasteiger partial charge in [0.15, 0.2) is 0 Å². The average molecular weight is 343 g/mol. The van der Waals surface area contributed by atoms with Crippen molar-refractivity contribution < 1.29 is 9.90 Å². The summed E-state index contributed by atoms with van der Waals surface area (Å²) in [5.74, 6) is 0.293. The van der Waals surface area contributed by atoms with Gasteiger partial charge in [0.25, 0.3) is 0 Å². The van der Waals surface area contributed by atoms with E-state index in [4.69, 9.17) is 5.11 Å². The van der Waals surface area contributed by atoms with Gasteiger partial charge in [-0.1, -0.05) is 63.3 Å². The Morgan fingerprint density at radius 2 is 1.38 bits per heavy atom. The summed E-state index contributed by atoms with van der Waals surface area (Å²) in [5.41, 5.74) is 2.49. The highest BCUT2D eigenvalue weighted by molar-refractivity contribution is 7.99. The van der Waals surface area contributed by atoms with Gasteiger partial charge < -0.3 is 5.11 Å². The Labute approximate surface area is 149 Å². The van der Waals surface area contributed by atoms with Crippen LogP contribution in [0, 0.1) is 0 Å². The zero-order valence-electron chi connectivity index (χ0n) is 14.3. The molecule has 0 saturated carbocycles. The number of thioether (sulfide) groups is 1. The lowest BCUT2D eigenvalue weighted by Crippen LogP contribution is -1.94. The van der Waals surface area contributed by atoms with Crippen LogP contribution in [0.4, 0.5) is 0 Å². The van der Waals surface area contributed by atoms with Crippen molar-refractivity contribution in [1.29, 1.82) is 0 Å². The third-order valence-corrected chi connectivity index (χ3v) is 5.18. The molecule has 0 aliphatic rings. The first-order valence-corrected chi connectivity index (χ1v) is 9.76. The van der Waals surface area contributed by atoms with Gasteiger partial charge in [-0.3, -0.25) is 0 Å². The first-order chi connectivity index (χ1) is 11.7. The molecule has 2 aromatic rings. The first kappa shape index (κ1) is 18.6. The molecule has 0 radical (unpaired) electrons. The molecule has 2 nitrogen and oxygen atoms in total. The van der Waals surface area contributed by atoms with Crippen LogP contribution >= 0.6 is 11.8 Å². The predicted octanol–water partition coefficient (Wildman–Crippen LogP) is 6.50. The molecule has 0 fully saturated rings. The Kier molecular flexibility index (Phi) is 7.90. The molecule has 3 heteroatoms. The maximum atomic E-state index is 10.9. The monoisotopic (exact) mass is 342 g/mol. The molecule has 2 aromatic carbocycles. The maximum absolute atomic E-state index is 10.9. The number of hydrogen-bond acceptors (Lipinski definition) is 2. The molecule has 0 aromatic heterocycles. The molecule has 0 saturated heterocycles. The molecule has 128 valence electrons. The van der Waals surface area contributed by atoms with E-state index in [1.165, 1.54) is 49.2 Å². The molecule has 0 aliphatic heterocycles. The smallest absolute Gasteiger partial charge is 0.335 e. The van der Waals surface area contributed by atoms with Gasteiger partial charge in [-0.25, -0.2) is 4.79 Å². The summed E-state index contributed by atoms with van der Waals surface area (Å²) in [6.07, 6.45) is 8.02. The van der Waals surface area contributed by atoms with E-state index in [-0.39, 0.29) is 0 Å². The molecule has 24 heavy (non-hydrogen) atoms. The molecular weight excluding hydrogens is 316 g/mol. The van der Waals surface area contributed by atoms with Crippen molar-refractivity contribution >= 4 is 17.7 Å². The summed E-state index contributed by atoms with van der Waals surface area (Å²) < 4.78 is 0. The number of unbranched alkanes of at least 4 members (excludes halogenated alkanes) is 5. The van der Waals surface area contributed by atoms with Crippen molar-refractivity contribution in [2.24, 2.45) is 0 Å². The Morgan fingerprint density at radius 3 is 1.96 bits per heavy atom. The Bertz CT molecular complexity index is 617. The quantitative estimate of drug-likeness (QED) is 0.395. The van der Waals surface area contributed by atoms with Crippen LogP contribution in [0.15, 0.2) is 53.4 Å². The first-order valence-electron chi connectivity index (χ1n) is 8.77. The van der Waals surface area contributed by atoms with Crippen LogP contribution in [0.5, 0.6) is 0 Å². The van der Waals surface area contributed by atoms with Crippen molar-refractivity contribution in [3.05, 3.63) is 54.1 Å². The van der Waals surface area contributed by atoms with E-state index in [1.807, 2.05) is 23.9 Å². The highest BCUT2D eigenvalue weighted by Gasteiger charge is 2.03. The van der Waals surface area contributed by atoms with Gasteiger partial charge in [0.1, 0.15) is 0 Å². The standard InChI is InChI=1S/C21H26O2S/c1-2-3-4-5-6-7-16-24-20-14-12-18(13-15-20)17-8-10-19(11-9-17)21(22)23/h8-15H,2-7,16H2,1H3,(H,22,23). The normalized spacial score (nSPS) is 10.7. The van der Waals surface area contributed by atoms with Crippen LogP contribution in [-0.2, 0) is 0 Å². The van der Waals surface area contributed by atoms with Gasteiger partial charge >= 0.3 is 5.97 Å².